The van der Waals surface area contributed by atoms with Gasteiger partial charge in [0.05, 0.1) is 0 Å². The molecule has 138 valence electrons. The predicted molar refractivity (Wildman–Crippen MR) is 105 cm³/mol. The van der Waals surface area contributed by atoms with Gasteiger partial charge in [-0.25, -0.2) is 0 Å². The molecular formula is C21H25ClN2O2. The van der Waals surface area contributed by atoms with Crippen LogP contribution in [0.3, 0.4) is 0 Å². The Bertz CT molecular complexity index is 789. The molecule has 2 aromatic carbocycles. The summed E-state index contributed by atoms with van der Waals surface area (Å²) in [5, 5.41) is 3.51. The second-order valence-corrected chi connectivity index (χ2v) is 7.20. The van der Waals surface area contributed by atoms with Gasteiger partial charge in [-0.15, -0.1) is 0 Å². The lowest BCUT2D eigenvalue weighted by Crippen LogP contribution is -2.50. The first kappa shape index (κ1) is 20.0. The van der Waals surface area contributed by atoms with E-state index in [-0.39, 0.29) is 17.7 Å². The van der Waals surface area contributed by atoms with Gasteiger partial charge < -0.3 is 10.2 Å². The molecule has 4 nitrogen and oxygen atoms in total. The van der Waals surface area contributed by atoms with Gasteiger partial charge in [0.25, 0.3) is 5.91 Å². The van der Waals surface area contributed by atoms with Crippen LogP contribution < -0.4 is 5.32 Å². The van der Waals surface area contributed by atoms with Crippen LogP contribution in [-0.4, -0.2) is 29.8 Å². The van der Waals surface area contributed by atoms with Gasteiger partial charge in [-0.05, 0) is 36.1 Å². The Morgan fingerprint density at radius 3 is 2.31 bits per heavy atom. The van der Waals surface area contributed by atoms with Crippen molar-refractivity contribution in [3.05, 3.63) is 70.2 Å². The van der Waals surface area contributed by atoms with Crippen LogP contribution in [-0.2, 0) is 11.3 Å². The summed E-state index contributed by atoms with van der Waals surface area (Å²) in [6, 6.07) is 14.2. The summed E-state index contributed by atoms with van der Waals surface area (Å²) in [4.78, 5) is 27.1. The summed E-state index contributed by atoms with van der Waals surface area (Å²) in [6.07, 6.45) is 0. The normalized spacial score (nSPS) is 11.9. The van der Waals surface area contributed by atoms with Crippen molar-refractivity contribution in [2.75, 3.05) is 7.05 Å². The Morgan fingerprint density at radius 2 is 1.69 bits per heavy atom. The Morgan fingerprint density at radius 1 is 1.08 bits per heavy atom. The van der Waals surface area contributed by atoms with E-state index in [1.54, 1.807) is 24.1 Å². The summed E-state index contributed by atoms with van der Waals surface area (Å²) in [5.74, 6) is -0.410. The fourth-order valence-electron chi connectivity index (χ4n) is 2.76. The van der Waals surface area contributed by atoms with Crippen molar-refractivity contribution >= 4 is 23.4 Å². The molecule has 0 aliphatic rings. The van der Waals surface area contributed by atoms with Crippen molar-refractivity contribution in [2.45, 2.75) is 33.4 Å². The minimum absolute atomic E-state index is 0.0378. The zero-order valence-electron chi connectivity index (χ0n) is 15.6. The lowest BCUT2D eigenvalue weighted by Gasteiger charge is -2.27. The maximum Gasteiger partial charge on any atom is 0.252 e. The first-order valence-electron chi connectivity index (χ1n) is 8.66. The van der Waals surface area contributed by atoms with Crippen LogP contribution >= 0.6 is 11.6 Å². The summed E-state index contributed by atoms with van der Waals surface area (Å²) in [5.41, 5.74) is 2.34. The molecule has 0 saturated carbocycles. The van der Waals surface area contributed by atoms with Crippen LogP contribution in [0.2, 0.25) is 5.02 Å². The molecule has 26 heavy (non-hydrogen) atoms. The number of nitrogens with one attached hydrogen (secondary N) is 1. The number of halogens is 1. The fraction of sp³-hybridized carbons (Fsp3) is 0.333. The van der Waals surface area contributed by atoms with Crippen LogP contribution in [0.15, 0.2) is 48.5 Å². The number of rotatable bonds is 6. The highest BCUT2D eigenvalue weighted by molar-refractivity contribution is 6.31. The molecule has 1 unspecified atom stereocenters. The van der Waals surface area contributed by atoms with E-state index in [1.807, 2.05) is 57.2 Å². The number of benzene rings is 2. The van der Waals surface area contributed by atoms with Gasteiger partial charge in [-0.1, -0.05) is 61.8 Å². The Hall–Kier alpha value is -2.33. The SMILES string of the molecule is Cc1ccccc1C(=O)NC(C(=O)N(C)Cc1ccccc1Cl)C(C)C. The van der Waals surface area contributed by atoms with E-state index >= 15 is 0 Å². The zero-order valence-corrected chi connectivity index (χ0v) is 16.4. The summed E-state index contributed by atoms with van der Waals surface area (Å²) in [6.45, 7) is 6.11. The predicted octanol–water partition coefficient (Wildman–Crippen LogP) is 4.06. The Balaban J connectivity index is 2.13. The highest BCUT2D eigenvalue weighted by Crippen LogP contribution is 2.18. The number of amides is 2. The fourth-order valence-corrected chi connectivity index (χ4v) is 2.95. The van der Waals surface area contributed by atoms with Gasteiger partial charge in [0.15, 0.2) is 0 Å². The number of aryl methyl sites for hydroxylation is 1. The monoisotopic (exact) mass is 372 g/mol. The molecule has 0 fully saturated rings. The highest BCUT2D eigenvalue weighted by Gasteiger charge is 2.28. The number of carbonyl (C=O) groups excluding carboxylic acids is 2. The molecule has 2 amide bonds. The molecule has 2 aromatic rings. The maximum absolute atomic E-state index is 12.9. The first-order chi connectivity index (χ1) is 12.3. The van der Waals surface area contributed by atoms with E-state index in [4.69, 9.17) is 11.6 Å². The second kappa shape index (κ2) is 8.86. The quantitative estimate of drug-likeness (QED) is 0.831. The highest BCUT2D eigenvalue weighted by atomic mass is 35.5. The molecule has 0 aromatic heterocycles. The van der Waals surface area contributed by atoms with E-state index in [0.717, 1.165) is 11.1 Å². The van der Waals surface area contributed by atoms with Gasteiger partial charge in [-0.3, -0.25) is 9.59 Å². The topological polar surface area (TPSA) is 49.4 Å². The van der Waals surface area contributed by atoms with Crippen molar-refractivity contribution in [3.8, 4) is 0 Å². The summed E-state index contributed by atoms with van der Waals surface area (Å²) in [7, 11) is 1.72. The van der Waals surface area contributed by atoms with E-state index < -0.39 is 6.04 Å². The minimum atomic E-state index is -0.602. The van der Waals surface area contributed by atoms with Crippen molar-refractivity contribution in [1.82, 2.24) is 10.2 Å². The standard InChI is InChI=1S/C21H25ClN2O2/c1-14(2)19(23-20(25)17-11-7-5-9-15(17)3)21(26)24(4)13-16-10-6-8-12-18(16)22/h5-12,14,19H,13H2,1-4H3,(H,23,25). The van der Waals surface area contributed by atoms with E-state index in [2.05, 4.69) is 5.32 Å². The molecule has 0 radical (unpaired) electrons. The van der Waals surface area contributed by atoms with Gasteiger partial charge in [0.2, 0.25) is 5.91 Å². The molecule has 1 atom stereocenters. The third kappa shape index (κ3) is 4.85. The smallest absolute Gasteiger partial charge is 0.252 e. The molecule has 1 N–H and O–H groups in total. The zero-order chi connectivity index (χ0) is 19.3. The lowest BCUT2D eigenvalue weighted by atomic mass is 10.0. The Labute approximate surface area is 160 Å². The summed E-state index contributed by atoms with van der Waals surface area (Å²) >= 11 is 6.19. The Kier molecular flexibility index (Phi) is 6.81. The average molecular weight is 373 g/mol. The number of nitrogens with zero attached hydrogens (tertiary/aromatic N) is 1. The van der Waals surface area contributed by atoms with Crippen LogP contribution in [0.5, 0.6) is 0 Å². The summed E-state index contributed by atoms with van der Waals surface area (Å²) < 4.78 is 0. The maximum atomic E-state index is 12.9. The van der Waals surface area contributed by atoms with Gasteiger partial charge >= 0.3 is 0 Å². The van der Waals surface area contributed by atoms with E-state index in [9.17, 15) is 9.59 Å². The van der Waals surface area contributed by atoms with Crippen LogP contribution in [0.25, 0.3) is 0 Å². The molecule has 0 spiro atoms. The molecule has 0 bridgehead atoms. The molecule has 0 heterocycles. The average Bonchev–Trinajstić information content (AvgIpc) is 2.61. The van der Waals surface area contributed by atoms with Crippen molar-refractivity contribution in [1.29, 1.82) is 0 Å². The van der Waals surface area contributed by atoms with Crippen LogP contribution in [0.1, 0.15) is 35.3 Å². The third-order valence-electron chi connectivity index (χ3n) is 4.35. The van der Waals surface area contributed by atoms with Crippen molar-refractivity contribution < 1.29 is 9.59 Å². The number of carbonyl (C=O) groups is 2. The number of hydrogen-bond donors (Lipinski definition) is 1. The third-order valence-corrected chi connectivity index (χ3v) is 4.72. The second-order valence-electron chi connectivity index (χ2n) is 6.80. The lowest BCUT2D eigenvalue weighted by molar-refractivity contribution is -0.133. The first-order valence-corrected chi connectivity index (χ1v) is 9.04. The molecule has 0 saturated heterocycles. The molecule has 2 rings (SSSR count). The van der Waals surface area contributed by atoms with E-state index in [0.29, 0.717) is 17.1 Å². The largest absolute Gasteiger partial charge is 0.340 e. The van der Waals surface area contributed by atoms with E-state index in [1.165, 1.54) is 0 Å². The molecule has 5 heteroatoms. The number of hydrogen-bond acceptors (Lipinski definition) is 2. The van der Waals surface area contributed by atoms with Gasteiger partial charge in [0, 0.05) is 24.2 Å². The molecule has 0 aliphatic heterocycles. The van der Waals surface area contributed by atoms with Crippen LogP contribution in [0.4, 0.5) is 0 Å². The van der Waals surface area contributed by atoms with Crippen LogP contribution in [0, 0.1) is 12.8 Å². The number of likely N-dealkylation sites (N-methyl/N-ethyl adjacent to an activating group) is 1. The van der Waals surface area contributed by atoms with Gasteiger partial charge in [0.1, 0.15) is 6.04 Å². The van der Waals surface area contributed by atoms with Crippen molar-refractivity contribution in [2.24, 2.45) is 5.92 Å². The van der Waals surface area contributed by atoms with Gasteiger partial charge in [-0.2, -0.15) is 0 Å². The molecule has 0 aliphatic carbocycles. The van der Waals surface area contributed by atoms with Crippen molar-refractivity contribution in [3.63, 3.8) is 0 Å². The molecular weight excluding hydrogens is 348 g/mol. The minimum Gasteiger partial charge on any atom is -0.340 e.